The molecule has 0 aromatic heterocycles. The normalized spacial score (nSPS) is 20.6. The maximum Gasteiger partial charge on any atom is 0.206 e. The first-order valence-electron chi connectivity index (χ1n) is 4.58. The van der Waals surface area contributed by atoms with E-state index in [0.29, 0.717) is 11.1 Å². The van der Waals surface area contributed by atoms with Gasteiger partial charge in [0.15, 0.2) is 9.84 Å². The zero-order chi connectivity index (χ0) is 11.8. The first-order chi connectivity index (χ1) is 7.56. The van der Waals surface area contributed by atoms with Gasteiger partial charge in [-0.3, -0.25) is 10.6 Å². The number of fused-ring (bicyclic) bond motifs is 1. The van der Waals surface area contributed by atoms with Crippen molar-refractivity contribution in [3.63, 3.8) is 0 Å². The molecule has 1 aromatic carbocycles. The van der Waals surface area contributed by atoms with Crippen LogP contribution in [-0.2, 0) is 15.6 Å². The number of carbonyl (C=O) groups is 1. The van der Waals surface area contributed by atoms with E-state index in [1.165, 1.54) is 0 Å². The summed E-state index contributed by atoms with van der Waals surface area (Å²) in [7, 11) is -3.58. The van der Waals surface area contributed by atoms with Crippen molar-refractivity contribution in [3.8, 4) is 0 Å². The Morgan fingerprint density at radius 2 is 2.00 bits per heavy atom. The number of ketones is 1. The van der Waals surface area contributed by atoms with E-state index in [1.54, 1.807) is 24.3 Å². The maximum absolute atomic E-state index is 11.9. The highest BCUT2D eigenvalue weighted by Crippen LogP contribution is 2.27. The molecule has 0 unspecified atom stereocenters. The largest absolute Gasteiger partial charge is 0.330 e. The molecule has 0 radical (unpaired) electrons. The lowest BCUT2D eigenvalue weighted by Crippen LogP contribution is -2.26. The number of rotatable bonds is 1. The minimum atomic E-state index is -3.58. The van der Waals surface area contributed by atoms with E-state index in [-0.39, 0.29) is 10.7 Å². The molecule has 0 amide bonds. The van der Waals surface area contributed by atoms with E-state index in [1.807, 2.05) is 0 Å². The first kappa shape index (κ1) is 10.8. The lowest BCUT2D eigenvalue weighted by atomic mass is 10.0. The summed E-state index contributed by atoms with van der Waals surface area (Å²) >= 11 is 0. The third-order valence-corrected chi connectivity index (χ3v) is 4.05. The lowest BCUT2D eigenvalue weighted by Gasteiger charge is -2.17. The number of hydrogen-bond acceptors (Lipinski definition) is 5. The molecule has 0 spiro atoms. The van der Waals surface area contributed by atoms with Crippen LogP contribution in [-0.4, -0.2) is 14.2 Å². The van der Waals surface area contributed by atoms with Gasteiger partial charge in [0.25, 0.3) is 0 Å². The van der Waals surface area contributed by atoms with Gasteiger partial charge in [-0.15, -0.1) is 0 Å². The van der Waals surface area contributed by atoms with Crippen molar-refractivity contribution < 1.29 is 13.2 Å². The molecule has 5 nitrogen and oxygen atoms in total. The Labute approximate surface area is 92.8 Å². The Bertz CT molecular complexity index is 575. The predicted molar refractivity (Wildman–Crippen MR) is 58.8 cm³/mol. The van der Waals surface area contributed by atoms with Crippen LogP contribution in [0.5, 0.6) is 0 Å². The molecule has 1 aromatic rings. The molecule has 0 atom stereocenters. The van der Waals surface area contributed by atoms with Gasteiger partial charge in [-0.25, -0.2) is 8.42 Å². The van der Waals surface area contributed by atoms with E-state index >= 15 is 0 Å². The molecule has 0 saturated heterocycles. The standard InChI is InChI=1S/C10H10N2O3S/c11-12-5-9-10(13)8-4-2-1-3-7(8)6-16(9,14)15/h1-5,12H,6,11H2. The minimum absolute atomic E-state index is 0.164. The van der Waals surface area contributed by atoms with Gasteiger partial charge in [0.1, 0.15) is 4.91 Å². The van der Waals surface area contributed by atoms with Crippen LogP contribution < -0.4 is 11.3 Å². The Balaban J connectivity index is 2.66. The van der Waals surface area contributed by atoms with E-state index in [9.17, 15) is 13.2 Å². The summed E-state index contributed by atoms with van der Waals surface area (Å²) in [5.74, 6) is 4.34. The monoisotopic (exact) mass is 238 g/mol. The number of nitrogens with two attached hydrogens (primary N) is 1. The molecule has 1 aliphatic heterocycles. The maximum atomic E-state index is 11.9. The topological polar surface area (TPSA) is 89.3 Å². The molecular formula is C10H10N2O3S. The van der Waals surface area contributed by atoms with Gasteiger partial charge in [-0.05, 0) is 5.56 Å². The van der Waals surface area contributed by atoms with Crippen LogP contribution in [0, 0.1) is 0 Å². The van der Waals surface area contributed by atoms with E-state index in [4.69, 9.17) is 5.84 Å². The molecule has 84 valence electrons. The van der Waals surface area contributed by atoms with E-state index in [2.05, 4.69) is 5.43 Å². The molecule has 1 aliphatic rings. The van der Waals surface area contributed by atoms with Crippen LogP contribution in [0.2, 0.25) is 0 Å². The minimum Gasteiger partial charge on any atom is -0.330 e. The van der Waals surface area contributed by atoms with Crippen LogP contribution >= 0.6 is 0 Å². The third-order valence-electron chi connectivity index (χ3n) is 2.38. The van der Waals surface area contributed by atoms with Crippen molar-refractivity contribution in [3.05, 3.63) is 46.5 Å². The van der Waals surface area contributed by atoms with Gasteiger partial charge in [-0.1, -0.05) is 24.3 Å². The molecule has 2 rings (SSSR count). The molecule has 0 bridgehead atoms. The van der Waals surface area contributed by atoms with Gasteiger partial charge >= 0.3 is 0 Å². The fraction of sp³-hybridized carbons (Fsp3) is 0.100. The molecule has 6 heteroatoms. The van der Waals surface area contributed by atoms with Crippen molar-refractivity contribution >= 4 is 15.6 Å². The summed E-state index contributed by atoms with van der Waals surface area (Å²) in [5.41, 5.74) is 3.04. The number of nitrogens with one attached hydrogen (secondary N) is 1. The predicted octanol–water partition coefficient (Wildman–Crippen LogP) is 0.102. The van der Waals surface area contributed by atoms with Crippen molar-refractivity contribution in [2.45, 2.75) is 5.75 Å². The molecule has 3 N–H and O–H groups in total. The summed E-state index contributed by atoms with van der Waals surface area (Å²) in [5, 5.41) is 0. The highest BCUT2D eigenvalue weighted by molar-refractivity contribution is 7.95. The smallest absolute Gasteiger partial charge is 0.206 e. The van der Waals surface area contributed by atoms with Crippen LogP contribution in [0.25, 0.3) is 0 Å². The average Bonchev–Trinajstić information content (AvgIpc) is 2.23. The third kappa shape index (κ3) is 1.62. The molecule has 16 heavy (non-hydrogen) atoms. The second-order valence-electron chi connectivity index (χ2n) is 3.42. The Kier molecular flexibility index (Phi) is 2.53. The van der Waals surface area contributed by atoms with Gasteiger partial charge in [0.05, 0.1) is 5.75 Å². The number of hydrazine groups is 1. The molecule has 0 fully saturated rings. The van der Waals surface area contributed by atoms with Crippen LogP contribution in [0.1, 0.15) is 15.9 Å². The van der Waals surface area contributed by atoms with Crippen molar-refractivity contribution in [1.82, 2.24) is 5.43 Å². The number of hydrogen-bond donors (Lipinski definition) is 2. The summed E-state index contributed by atoms with van der Waals surface area (Å²) in [6.45, 7) is 0. The number of benzene rings is 1. The van der Waals surface area contributed by atoms with E-state index in [0.717, 1.165) is 6.20 Å². The highest BCUT2D eigenvalue weighted by Gasteiger charge is 2.33. The van der Waals surface area contributed by atoms with Gasteiger partial charge in [0.2, 0.25) is 5.78 Å². The number of sulfone groups is 1. The van der Waals surface area contributed by atoms with Gasteiger partial charge in [0, 0.05) is 11.8 Å². The zero-order valence-corrected chi connectivity index (χ0v) is 9.12. The lowest BCUT2D eigenvalue weighted by molar-refractivity contribution is 0.103. The Morgan fingerprint density at radius 1 is 1.31 bits per heavy atom. The molecular weight excluding hydrogens is 228 g/mol. The highest BCUT2D eigenvalue weighted by atomic mass is 32.2. The number of carbonyl (C=O) groups excluding carboxylic acids is 1. The molecule has 1 heterocycles. The van der Waals surface area contributed by atoms with Gasteiger partial charge < -0.3 is 5.43 Å². The quantitative estimate of drug-likeness (QED) is 0.411. The fourth-order valence-electron chi connectivity index (χ4n) is 1.66. The summed E-state index contributed by atoms with van der Waals surface area (Å²) in [6, 6.07) is 6.65. The van der Waals surface area contributed by atoms with Crippen molar-refractivity contribution in [2.24, 2.45) is 5.84 Å². The fourth-order valence-corrected chi connectivity index (χ4v) is 3.11. The molecule has 0 saturated carbocycles. The number of Topliss-reactive ketones (excluding diaryl/α,β-unsaturated/α-hetero) is 1. The SMILES string of the molecule is NNC=C1C(=O)c2ccccc2CS1(=O)=O. The Morgan fingerprint density at radius 3 is 2.69 bits per heavy atom. The Hall–Kier alpha value is -1.66. The van der Waals surface area contributed by atoms with Crippen LogP contribution in [0.3, 0.4) is 0 Å². The molecule has 0 aliphatic carbocycles. The zero-order valence-electron chi connectivity index (χ0n) is 8.30. The summed E-state index contributed by atoms with van der Waals surface area (Å²) in [6.07, 6.45) is 1.02. The summed E-state index contributed by atoms with van der Waals surface area (Å²) < 4.78 is 23.5. The van der Waals surface area contributed by atoms with Crippen molar-refractivity contribution in [2.75, 3.05) is 0 Å². The average molecular weight is 238 g/mol. The van der Waals surface area contributed by atoms with Crippen LogP contribution in [0.4, 0.5) is 0 Å². The van der Waals surface area contributed by atoms with Gasteiger partial charge in [-0.2, -0.15) is 0 Å². The second-order valence-corrected chi connectivity index (χ2v) is 5.38. The van der Waals surface area contributed by atoms with Crippen molar-refractivity contribution in [1.29, 1.82) is 0 Å². The second kappa shape index (κ2) is 3.73. The van der Waals surface area contributed by atoms with E-state index < -0.39 is 15.6 Å². The van der Waals surface area contributed by atoms with Crippen LogP contribution in [0.15, 0.2) is 35.4 Å². The number of allylic oxidation sites excluding steroid dienone is 1. The summed E-state index contributed by atoms with van der Waals surface area (Å²) in [4.78, 5) is 11.6. The first-order valence-corrected chi connectivity index (χ1v) is 6.23.